The lowest BCUT2D eigenvalue weighted by Gasteiger charge is -2.31. The third kappa shape index (κ3) is 3.80. The van der Waals surface area contributed by atoms with Crippen LogP contribution in [0.25, 0.3) is 11.1 Å². The zero-order valence-corrected chi connectivity index (χ0v) is 21.1. The normalized spacial score (nSPS) is 27.5. The summed E-state index contributed by atoms with van der Waals surface area (Å²) < 4.78 is 12.4. The van der Waals surface area contributed by atoms with E-state index in [-0.39, 0.29) is 15.8 Å². The summed E-state index contributed by atoms with van der Waals surface area (Å²) in [4.78, 5) is 0. The minimum Gasteiger partial charge on any atom is -0.492 e. The van der Waals surface area contributed by atoms with Crippen molar-refractivity contribution < 1.29 is 9.47 Å². The summed E-state index contributed by atoms with van der Waals surface area (Å²) in [6.07, 6.45) is 5.27. The summed E-state index contributed by atoms with van der Waals surface area (Å²) in [5.74, 6) is 2.04. The Labute approximate surface area is 185 Å². The van der Waals surface area contributed by atoms with Crippen LogP contribution in [0.2, 0.25) is 0 Å². The molecule has 0 saturated carbocycles. The zero-order valence-electron chi connectivity index (χ0n) is 19.3. The van der Waals surface area contributed by atoms with E-state index in [1.165, 1.54) is 47.4 Å². The quantitative estimate of drug-likeness (QED) is 0.478. The average Bonchev–Trinajstić information content (AvgIpc) is 3.27. The smallest absolute Gasteiger partial charge is 0.169 e. The minimum atomic E-state index is -0.300. The third-order valence-corrected chi connectivity index (χ3v) is 13.8. The number of hydrogen-bond donors (Lipinski definition) is 0. The van der Waals surface area contributed by atoms with Crippen LogP contribution >= 0.6 is 15.8 Å². The van der Waals surface area contributed by atoms with E-state index in [0.29, 0.717) is 0 Å². The van der Waals surface area contributed by atoms with Gasteiger partial charge < -0.3 is 9.47 Å². The van der Waals surface area contributed by atoms with Crippen molar-refractivity contribution in [3.63, 3.8) is 0 Å². The van der Waals surface area contributed by atoms with Crippen LogP contribution in [0.15, 0.2) is 36.4 Å². The third-order valence-electron chi connectivity index (χ3n) is 7.12. The molecule has 2 aliphatic heterocycles. The molecule has 4 heteroatoms. The van der Waals surface area contributed by atoms with Gasteiger partial charge in [0.15, 0.2) is 11.5 Å². The predicted octanol–water partition coefficient (Wildman–Crippen LogP) is 6.73. The lowest BCUT2D eigenvalue weighted by molar-refractivity contribution is 0.360. The molecule has 2 nitrogen and oxygen atoms in total. The summed E-state index contributed by atoms with van der Waals surface area (Å²) >= 11 is 0. The van der Waals surface area contributed by atoms with Gasteiger partial charge in [0.1, 0.15) is 0 Å². The molecule has 0 bridgehead atoms. The van der Waals surface area contributed by atoms with Gasteiger partial charge in [-0.15, -0.1) is 0 Å². The highest BCUT2D eigenvalue weighted by atomic mass is 31.1. The second kappa shape index (κ2) is 9.18. The standard InChI is InChI=1S/C26H36O2P2/c1-17-12-13-18(2)29(17)23-16-22(21-10-8-7-9-11-21)26(25(28-6)24(23)27-5)30-19(3)14-15-20(30)4/h7-11,16-20H,12-15H2,1-6H3/t17-,18-,19-,20-/m0/s1. The Balaban J connectivity index is 2.01. The Kier molecular flexibility index (Phi) is 6.76. The van der Waals surface area contributed by atoms with E-state index in [9.17, 15) is 0 Å². The van der Waals surface area contributed by atoms with Gasteiger partial charge >= 0.3 is 0 Å². The molecule has 4 rings (SSSR count). The highest BCUT2D eigenvalue weighted by Crippen LogP contribution is 2.61. The van der Waals surface area contributed by atoms with Crippen molar-refractivity contribution in [2.75, 3.05) is 14.2 Å². The number of rotatable bonds is 5. The van der Waals surface area contributed by atoms with Gasteiger partial charge in [-0.1, -0.05) is 73.9 Å². The Bertz CT molecular complexity index is 862. The van der Waals surface area contributed by atoms with Gasteiger partial charge in [-0.2, -0.15) is 0 Å². The maximum Gasteiger partial charge on any atom is 0.169 e. The van der Waals surface area contributed by atoms with Gasteiger partial charge in [0.25, 0.3) is 0 Å². The molecule has 2 aromatic rings. The number of hydrogen-bond acceptors (Lipinski definition) is 2. The molecule has 0 unspecified atom stereocenters. The van der Waals surface area contributed by atoms with E-state index in [1.807, 2.05) is 14.2 Å². The van der Waals surface area contributed by atoms with Crippen LogP contribution < -0.4 is 20.1 Å². The Morgan fingerprint density at radius 2 is 1.20 bits per heavy atom. The van der Waals surface area contributed by atoms with Crippen LogP contribution in [0.4, 0.5) is 0 Å². The Morgan fingerprint density at radius 3 is 1.70 bits per heavy atom. The second-order valence-corrected chi connectivity index (χ2v) is 15.2. The van der Waals surface area contributed by atoms with Crippen LogP contribution in [0.1, 0.15) is 53.4 Å². The first-order valence-electron chi connectivity index (χ1n) is 11.4. The molecule has 4 atom stereocenters. The zero-order chi connectivity index (χ0) is 21.4. The van der Waals surface area contributed by atoms with Gasteiger partial charge in [-0.3, -0.25) is 0 Å². The molecule has 0 aliphatic carbocycles. The minimum absolute atomic E-state index is 0.262. The average molecular weight is 443 g/mol. The fraction of sp³-hybridized carbons (Fsp3) is 0.538. The van der Waals surface area contributed by atoms with Gasteiger partial charge in [0.2, 0.25) is 0 Å². The van der Waals surface area contributed by atoms with Crippen LogP contribution in [-0.2, 0) is 0 Å². The molecule has 2 fully saturated rings. The molecule has 30 heavy (non-hydrogen) atoms. The SMILES string of the molecule is COc1c(P2[C@@H](C)CC[C@@H]2C)cc(-c2ccccc2)c(P2[C@@H](C)CC[C@@H]2C)c1OC. The molecule has 2 aliphatic rings. The highest BCUT2D eigenvalue weighted by molar-refractivity contribution is 7.68. The Morgan fingerprint density at radius 1 is 0.700 bits per heavy atom. The van der Waals surface area contributed by atoms with Crippen molar-refractivity contribution in [1.29, 1.82) is 0 Å². The fourth-order valence-corrected chi connectivity index (χ4v) is 12.5. The Hall–Kier alpha value is -1.10. The first-order chi connectivity index (χ1) is 14.5. The second-order valence-electron chi connectivity index (χ2n) is 9.09. The highest BCUT2D eigenvalue weighted by Gasteiger charge is 2.39. The topological polar surface area (TPSA) is 18.5 Å². The van der Waals surface area contributed by atoms with Crippen LogP contribution in [-0.4, -0.2) is 36.9 Å². The van der Waals surface area contributed by atoms with Crippen molar-refractivity contribution >= 4 is 26.5 Å². The van der Waals surface area contributed by atoms with Crippen molar-refractivity contribution in [2.45, 2.75) is 76.0 Å². The lowest BCUT2D eigenvalue weighted by Crippen LogP contribution is -2.23. The van der Waals surface area contributed by atoms with Crippen molar-refractivity contribution in [3.05, 3.63) is 36.4 Å². The lowest BCUT2D eigenvalue weighted by atomic mass is 10.0. The first-order valence-corrected chi connectivity index (χ1v) is 14.3. The van der Waals surface area contributed by atoms with E-state index in [1.54, 1.807) is 0 Å². The summed E-state index contributed by atoms with van der Waals surface area (Å²) in [6, 6.07) is 13.5. The number of methoxy groups -OCH3 is 2. The van der Waals surface area contributed by atoms with Crippen molar-refractivity contribution in [1.82, 2.24) is 0 Å². The molecular weight excluding hydrogens is 406 g/mol. The van der Waals surface area contributed by atoms with E-state index >= 15 is 0 Å². The molecule has 2 aromatic carbocycles. The van der Waals surface area contributed by atoms with Gasteiger partial charge in [-0.05, 0) is 65.5 Å². The molecule has 0 amide bonds. The largest absolute Gasteiger partial charge is 0.492 e. The van der Waals surface area contributed by atoms with Gasteiger partial charge in [0, 0.05) is 10.6 Å². The molecule has 0 N–H and O–H groups in total. The molecule has 2 saturated heterocycles. The maximum atomic E-state index is 6.21. The number of benzene rings is 2. The molecule has 0 aromatic heterocycles. The fourth-order valence-electron chi connectivity index (χ4n) is 5.59. The van der Waals surface area contributed by atoms with Crippen molar-refractivity contribution in [3.8, 4) is 22.6 Å². The summed E-state index contributed by atoms with van der Waals surface area (Å²) in [5, 5.41) is 2.85. The van der Waals surface area contributed by atoms with Crippen molar-refractivity contribution in [2.24, 2.45) is 0 Å². The van der Waals surface area contributed by atoms with Gasteiger partial charge in [0.05, 0.1) is 14.2 Å². The monoisotopic (exact) mass is 442 g/mol. The van der Waals surface area contributed by atoms with Crippen LogP contribution in [0, 0.1) is 0 Å². The van der Waals surface area contributed by atoms with Gasteiger partial charge in [-0.25, -0.2) is 0 Å². The maximum absolute atomic E-state index is 6.21. The number of ether oxygens (including phenoxy) is 2. The molecule has 0 radical (unpaired) electrons. The van der Waals surface area contributed by atoms with E-state index in [0.717, 1.165) is 34.1 Å². The van der Waals surface area contributed by atoms with E-state index in [4.69, 9.17) is 9.47 Å². The van der Waals surface area contributed by atoms with E-state index < -0.39 is 0 Å². The predicted molar refractivity (Wildman–Crippen MR) is 134 cm³/mol. The van der Waals surface area contributed by atoms with Crippen LogP contribution in [0.5, 0.6) is 11.5 Å². The molecule has 162 valence electrons. The van der Waals surface area contributed by atoms with E-state index in [2.05, 4.69) is 64.1 Å². The van der Waals surface area contributed by atoms with Crippen LogP contribution in [0.3, 0.4) is 0 Å². The first kappa shape index (κ1) is 22.1. The summed E-state index contributed by atoms with van der Waals surface area (Å²) in [6.45, 7) is 9.74. The molecular formula is C26H36O2P2. The summed E-state index contributed by atoms with van der Waals surface area (Å²) in [5.41, 5.74) is 5.62. The molecule has 2 heterocycles. The molecule has 0 spiro atoms. The summed E-state index contributed by atoms with van der Waals surface area (Å²) in [7, 11) is 3.12.